The van der Waals surface area contributed by atoms with Gasteiger partial charge in [-0.2, -0.15) is 0 Å². The lowest BCUT2D eigenvalue weighted by molar-refractivity contribution is 0.261. The highest BCUT2D eigenvalue weighted by Crippen LogP contribution is 2.35. The van der Waals surface area contributed by atoms with Crippen LogP contribution in [-0.4, -0.2) is 46.4 Å². The molecule has 0 saturated carbocycles. The van der Waals surface area contributed by atoms with Crippen LogP contribution < -0.4 is 5.32 Å². The number of halogens is 1. The lowest BCUT2D eigenvalue weighted by Gasteiger charge is -2.30. The minimum atomic E-state index is -0.483. The van der Waals surface area contributed by atoms with Gasteiger partial charge in [0.1, 0.15) is 17.3 Å². The van der Waals surface area contributed by atoms with Gasteiger partial charge in [-0.15, -0.1) is 10.2 Å². The van der Waals surface area contributed by atoms with Crippen molar-refractivity contribution in [2.75, 3.05) is 25.5 Å². The molecular weight excluding hydrogens is 331 g/mol. The average molecular weight is 352 g/mol. The van der Waals surface area contributed by atoms with Crippen molar-refractivity contribution in [1.29, 1.82) is 0 Å². The van der Waals surface area contributed by atoms with Gasteiger partial charge in [-0.05, 0) is 38.6 Å². The second kappa shape index (κ2) is 6.88. The summed E-state index contributed by atoms with van der Waals surface area (Å²) in [5.41, 5.74) is 1.02. The predicted molar refractivity (Wildman–Crippen MR) is 101 cm³/mol. The van der Waals surface area contributed by atoms with Crippen LogP contribution >= 0.6 is 0 Å². The van der Waals surface area contributed by atoms with Gasteiger partial charge >= 0.3 is 0 Å². The van der Waals surface area contributed by atoms with E-state index in [4.69, 9.17) is 0 Å². The van der Waals surface area contributed by atoms with Gasteiger partial charge in [0.2, 0.25) is 0 Å². The maximum absolute atomic E-state index is 13.3. The van der Waals surface area contributed by atoms with Crippen molar-refractivity contribution in [1.82, 2.24) is 15.1 Å². The zero-order chi connectivity index (χ0) is 18.1. The molecule has 0 unspecified atom stereocenters. The third-order valence-electron chi connectivity index (χ3n) is 4.87. The fourth-order valence-electron chi connectivity index (χ4n) is 3.59. The first kappa shape index (κ1) is 16.7. The van der Waals surface area contributed by atoms with Crippen molar-refractivity contribution >= 4 is 16.6 Å². The number of likely N-dealkylation sites (N-methyl/N-ethyl adjacent to an activating group) is 1. The van der Waals surface area contributed by atoms with E-state index < -0.39 is 5.82 Å². The molecule has 5 nitrogen and oxygen atoms in total. The van der Waals surface area contributed by atoms with Crippen LogP contribution in [0.4, 0.5) is 10.2 Å². The van der Waals surface area contributed by atoms with Gasteiger partial charge in [0.15, 0.2) is 5.82 Å². The molecule has 1 saturated heterocycles. The number of rotatable bonds is 3. The minimum absolute atomic E-state index is 0.140. The molecule has 1 aliphatic rings. The molecule has 3 aromatic rings. The number of hydrogen-bond acceptors (Lipinski definition) is 5. The highest BCUT2D eigenvalue weighted by molar-refractivity contribution is 6.00. The lowest BCUT2D eigenvalue weighted by atomic mass is 10.0. The second-order valence-corrected chi connectivity index (χ2v) is 6.85. The average Bonchev–Trinajstić information content (AvgIpc) is 2.63. The first-order valence-corrected chi connectivity index (χ1v) is 8.81. The predicted octanol–water partition coefficient (Wildman–Crippen LogP) is 3.65. The maximum atomic E-state index is 13.3. The number of piperidine rings is 1. The number of likely N-dealkylation sites (tertiary alicyclic amines) is 1. The third-order valence-corrected chi connectivity index (χ3v) is 4.87. The number of hydrogen-bond donors (Lipinski definition) is 2. The quantitative estimate of drug-likeness (QED) is 0.753. The second-order valence-electron chi connectivity index (χ2n) is 6.85. The van der Waals surface area contributed by atoms with Crippen molar-refractivity contribution in [3.05, 3.63) is 48.3 Å². The Labute approximate surface area is 151 Å². The first-order chi connectivity index (χ1) is 12.6. The molecule has 134 valence electrons. The number of anilines is 1. The molecule has 4 rings (SSSR count). The first-order valence-electron chi connectivity index (χ1n) is 8.81. The van der Waals surface area contributed by atoms with E-state index in [1.165, 1.54) is 12.1 Å². The minimum Gasteiger partial charge on any atom is -0.507 e. The molecule has 0 bridgehead atoms. The lowest BCUT2D eigenvalue weighted by Crippen LogP contribution is -2.40. The van der Waals surface area contributed by atoms with E-state index in [1.807, 2.05) is 24.3 Å². The van der Waals surface area contributed by atoms with Gasteiger partial charge in [-0.3, -0.25) is 0 Å². The van der Waals surface area contributed by atoms with Gasteiger partial charge in [-0.1, -0.05) is 24.3 Å². The number of nitrogens with zero attached hydrogens (tertiary/aromatic N) is 3. The van der Waals surface area contributed by atoms with E-state index in [0.717, 1.165) is 48.6 Å². The molecule has 6 heteroatoms. The van der Waals surface area contributed by atoms with Crippen LogP contribution in [0.5, 0.6) is 5.75 Å². The third kappa shape index (κ3) is 3.20. The Morgan fingerprint density at radius 1 is 1.15 bits per heavy atom. The summed E-state index contributed by atoms with van der Waals surface area (Å²) in [7, 11) is 2.12. The van der Waals surface area contributed by atoms with Gasteiger partial charge < -0.3 is 15.3 Å². The largest absolute Gasteiger partial charge is 0.507 e. The molecule has 2 aromatic carbocycles. The molecule has 2 heterocycles. The Morgan fingerprint density at radius 3 is 2.73 bits per heavy atom. The molecule has 0 amide bonds. The van der Waals surface area contributed by atoms with Crippen LogP contribution in [-0.2, 0) is 0 Å². The SMILES string of the molecule is CN1CCC[C@@H](Nc2nnc(-c3ccc(F)cc3O)c3ccccc23)C1. The molecule has 2 N–H and O–H groups in total. The molecule has 0 radical (unpaired) electrons. The van der Waals surface area contributed by atoms with Gasteiger partial charge in [0.25, 0.3) is 0 Å². The van der Waals surface area contributed by atoms with Crippen molar-refractivity contribution in [3.8, 4) is 17.0 Å². The van der Waals surface area contributed by atoms with E-state index in [-0.39, 0.29) is 5.75 Å². The Bertz CT molecular complexity index is 946. The Kier molecular flexibility index (Phi) is 4.42. The Morgan fingerprint density at radius 2 is 1.96 bits per heavy atom. The van der Waals surface area contributed by atoms with Crippen LogP contribution in [0.1, 0.15) is 12.8 Å². The molecular formula is C20H21FN4O. The zero-order valence-corrected chi connectivity index (χ0v) is 14.6. The summed E-state index contributed by atoms with van der Waals surface area (Å²) >= 11 is 0. The molecule has 1 aliphatic heterocycles. The van der Waals surface area contributed by atoms with E-state index in [9.17, 15) is 9.50 Å². The number of phenols is 1. The molecule has 0 spiro atoms. The standard InChI is InChI=1S/C20H21FN4O/c1-25-10-4-5-14(12-25)22-20-16-7-3-2-6-15(16)19(23-24-20)17-9-8-13(21)11-18(17)26/h2-3,6-9,11,14,26H,4-5,10,12H2,1H3,(H,22,24)/t14-/m1/s1. The molecule has 26 heavy (non-hydrogen) atoms. The van der Waals surface area contributed by atoms with E-state index in [1.54, 1.807) is 0 Å². The fourth-order valence-corrected chi connectivity index (χ4v) is 3.59. The summed E-state index contributed by atoms with van der Waals surface area (Å²) < 4.78 is 13.3. The van der Waals surface area contributed by atoms with Gasteiger partial charge in [-0.25, -0.2) is 4.39 Å². The van der Waals surface area contributed by atoms with Crippen molar-refractivity contribution in [2.24, 2.45) is 0 Å². The number of phenolic OH excluding ortho intramolecular Hbond substituents is 1. The number of fused-ring (bicyclic) bond motifs is 1. The number of benzene rings is 2. The molecule has 0 aliphatic carbocycles. The highest BCUT2D eigenvalue weighted by atomic mass is 19.1. The highest BCUT2D eigenvalue weighted by Gasteiger charge is 2.20. The number of aromatic nitrogens is 2. The van der Waals surface area contributed by atoms with E-state index in [0.29, 0.717) is 17.3 Å². The topological polar surface area (TPSA) is 61.3 Å². The molecule has 1 atom stereocenters. The van der Waals surface area contributed by atoms with Crippen molar-refractivity contribution < 1.29 is 9.50 Å². The van der Waals surface area contributed by atoms with Crippen molar-refractivity contribution in [3.63, 3.8) is 0 Å². The van der Waals surface area contributed by atoms with Gasteiger partial charge in [0.05, 0.1) is 0 Å². The zero-order valence-electron chi connectivity index (χ0n) is 14.6. The summed E-state index contributed by atoms with van der Waals surface area (Å²) in [6.07, 6.45) is 2.25. The smallest absolute Gasteiger partial charge is 0.156 e. The number of nitrogens with one attached hydrogen (secondary N) is 1. The Balaban J connectivity index is 1.76. The van der Waals surface area contributed by atoms with Gasteiger partial charge in [0, 0.05) is 35.0 Å². The maximum Gasteiger partial charge on any atom is 0.156 e. The molecule has 1 aromatic heterocycles. The monoisotopic (exact) mass is 352 g/mol. The van der Waals surface area contributed by atoms with Crippen LogP contribution in [0.2, 0.25) is 0 Å². The summed E-state index contributed by atoms with van der Waals surface area (Å²) in [6, 6.07) is 12.1. The summed E-state index contributed by atoms with van der Waals surface area (Å²) in [6.45, 7) is 2.09. The van der Waals surface area contributed by atoms with E-state index >= 15 is 0 Å². The van der Waals surface area contributed by atoms with Crippen LogP contribution in [0.15, 0.2) is 42.5 Å². The normalized spacial score (nSPS) is 18.2. The van der Waals surface area contributed by atoms with Crippen LogP contribution in [0.3, 0.4) is 0 Å². The summed E-state index contributed by atoms with van der Waals surface area (Å²) in [4.78, 5) is 2.31. The van der Waals surface area contributed by atoms with Crippen LogP contribution in [0, 0.1) is 5.82 Å². The van der Waals surface area contributed by atoms with Crippen molar-refractivity contribution in [2.45, 2.75) is 18.9 Å². The Hall–Kier alpha value is -2.73. The molecule has 1 fully saturated rings. The summed E-state index contributed by atoms with van der Waals surface area (Å²) in [5, 5.41) is 24.2. The van der Waals surface area contributed by atoms with E-state index in [2.05, 4.69) is 27.5 Å². The van der Waals surface area contributed by atoms with Crippen LogP contribution in [0.25, 0.3) is 22.0 Å². The summed E-state index contributed by atoms with van der Waals surface area (Å²) in [5.74, 6) is 0.119. The number of aromatic hydroxyl groups is 1. The fraction of sp³-hybridized carbons (Fsp3) is 0.300.